The molecular weight excluding hydrogens is 215 g/mol. The lowest BCUT2D eigenvalue weighted by atomic mass is 10.2. The van der Waals surface area contributed by atoms with Gasteiger partial charge in [0.1, 0.15) is 0 Å². The Kier molecular flexibility index (Phi) is 3.13. The Morgan fingerprint density at radius 1 is 1.53 bits per heavy atom. The summed E-state index contributed by atoms with van der Waals surface area (Å²) in [5.41, 5.74) is -0.933. The largest absolute Gasteiger partial charge is 0.479 e. The summed E-state index contributed by atoms with van der Waals surface area (Å²) in [5.74, 6) is -1.65. The molecule has 0 aliphatic heterocycles. The Balaban J connectivity index is 2.79. The molecule has 0 unspecified atom stereocenters. The molecule has 1 heterocycles. The van der Waals surface area contributed by atoms with Gasteiger partial charge in [-0.3, -0.25) is 0 Å². The Hall–Kier alpha value is -1.79. The quantitative estimate of drug-likeness (QED) is 0.841. The van der Waals surface area contributed by atoms with Crippen molar-refractivity contribution in [2.24, 2.45) is 0 Å². The molecule has 0 spiro atoms. The van der Waals surface area contributed by atoms with Crippen LogP contribution in [-0.4, -0.2) is 22.7 Å². The highest BCUT2D eigenvalue weighted by Gasteiger charge is 2.30. The van der Waals surface area contributed by atoms with Crippen molar-refractivity contribution in [2.75, 3.05) is 6.61 Å². The molecule has 0 saturated heterocycles. The van der Waals surface area contributed by atoms with E-state index in [2.05, 4.69) is 9.72 Å². The molecule has 0 saturated carbocycles. The average molecular weight is 221 g/mol. The van der Waals surface area contributed by atoms with Crippen LogP contribution in [0.3, 0.4) is 0 Å². The number of carboxylic acid groups (broad SMARTS) is 1. The lowest BCUT2D eigenvalue weighted by Gasteiger charge is -2.07. The zero-order valence-electron chi connectivity index (χ0n) is 7.28. The monoisotopic (exact) mass is 221 g/mol. The normalized spacial score (nSPS) is 11.1. The molecule has 0 aliphatic rings. The number of halogens is 3. The van der Waals surface area contributed by atoms with Gasteiger partial charge in [0.2, 0.25) is 5.88 Å². The standard InChI is InChI=1S/C8H6F3NO3/c9-8(10,11)5-1-2-12-6(3-5)15-4-7(13)14/h1-3H,4H2,(H,13,14). The van der Waals surface area contributed by atoms with E-state index >= 15 is 0 Å². The van der Waals surface area contributed by atoms with Crippen molar-refractivity contribution in [3.63, 3.8) is 0 Å². The van der Waals surface area contributed by atoms with Gasteiger partial charge in [0.05, 0.1) is 5.56 Å². The number of nitrogens with zero attached hydrogens (tertiary/aromatic N) is 1. The van der Waals surface area contributed by atoms with Gasteiger partial charge >= 0.3 is 12.1 Å². The zero-order chi connectivity index (χ0) is 11.5. The van der Waals surface area contributed by atoms with Gasteiger partial charge in [-0.1, -0.05) is 0 Å². The molecule has 1 aromatic rings. The fourth-order valence-electron chi connectivity index (χ4n) is 0.800. The second-order valence-corrected chi connectivity index (χ2v) is 2.56. The van der Waals surface area contributed by atoms with E-state index in [0.29, 0.717) is 6.07 Å². The Morgan fingerprint density at radius 2 is 2.20 bits per heavy atom. The molecule has 82 valence electrons. The third-order valence-electron chi connectivity index (χ3n) is 1.41. The summed E-state index contributed by atoms with van der Waals surface area (Å²) in [4.78, 5) is 13.5. The van der Waals surface area contributed by atoms with E-state index in [1.54, 1.807) is 0 Å². The SMILES string of the molecule is O=C(O)COc1cc(C(F)(F)F)ccn1. The number of carboxylic acids is 1. The second-order valence-electron chi connectivity index (χ2n) is 2.56. The zero-order valence-corrected chi connectivity index (χ0v) is 7.28. The van der Waals surface area contributed by atoms with Gasteiger partial charge in [-0.05, 0) is 6.07 Å². The van der Waals surface area contributed by atoms with Crippen LogP contribution in [0, 0.1) is 0 Å². The van der Waals surface area contributed by atoms with E-state index in [9.17, 15) is 18.0 Å². The fraction of sp³-hybridized carbons (Fsp3) is 0.250. The molecule has 0 radical (unpaired) electrons. The van der Waals surface area contributed by atoms with E-state index in [1.165, 1.54) is 0 Å². The van der Waals surface area contributed by atoms with Crippen molar-refractivity contribution < 1.29 is 27.8 Å². The average Bonchev–Trinajstić information content (AvgIpc) is 2.14. The minimum absolute atomic E-state index is 0.368. The third-order valence-corrected chi connectivity index (χ3v) is 1.41. The van der Waals surface area contributed by atoms with Gasteiger partial charge in [0.25, 0.3) is 0 Å². The van der Waals surface area contributed by atoms with Crippen molar-refractivity contribution >= 4 is 5.97 Å². The molecule has 0 aromatic carbocycles. The first-order valence-corrected chi connectivity index (χ1v) is 3.77. The summed E-state index contributed by atoms with van der Waals surface area (Å²) >= 11 is 0. The summed E-state index contributed by atoms with van der Waals surface area (Å²) in [7, 11) is 0. The molecule has 0 aliphatic carbocycles. The van der Waals surface area contributed by atoms with Crippen molar-refractivity contribution in [1.82, 2.24) is 4.98 Å². The van der Waals surface area contributed by atoms with Crippen LogP contribution in [0.4, 0.5) is 13.2 Å². The van der Waals surface area contributed by atoms with Crippen LogP contribution in [0.1, 0.15) is 5.56 Å². The predicted molar refractivity (Wildman–Crippen MR) is 42.4 cm³/mol. The third kappa shape index (κ3) is 3.45. The lowest BCUT2D eigenvalue weighted by Crippen LogP contribution is -2.11. The first kappa shape index (κ1) is 11.3. The maximum atomic E-state index is 12.2. The summed E-state index contributed by atoms with van der Waals surface area (Å²) in [6.45, 7) is -0.728. The summed E-state index contributed by atoms with van der Waals surface area (Å²) in [5, 5.41) is 8.23. The van der Waals surface area contributed by atoms with Crippen LogP contribution in [0.5, 0.6) is 5.88 Å². The number of hydrogen-bond donors (Lipinski definition) is 1. The van der Waals surface area contributed by atoms with E-state index < -0.39 is 24.3 Å². The molecule has 0 amide bonds. The number of aromatic nitrogens is 1. The minimum Gasteiger partial charge on any atom is -0.479 e. The van der Waals surface area contributed by atoms with Crippen LogP contribution < -0.4 is 4.74 Å². The molecule has 15 heavy (non-hydrogen) atoms. The Morgan fingerprint density at radius 3 is 2.73 bits per heavy atom. The number of hydrogen-bond acceptors (Lipinski definition) is 3. The van der Waals surface area contributed by atoms with Crippen molar-refractivity contribution in [3.8, 4) is 5.88 Å². The van der Waals surface area contributed by atoms with Crippen molar-refractivity contribution in [2.45, 2.75) is 6.18 Å². The predicted octanol–water partition coefficient (Wildman–Crippen LogP) is 1.56. The fourth-order valence-corrected chi connectivity index (χ4v) is 0.800. The second kappa shape index (κ2) is 4.16. The molecule has 1 N–H and O–H groups in total. The smallest absolute Gasteiger partial charge is 0.416 e. The molecule has 1 aromatic heterocycles. The van der Waals surface area contributed by atoms with Gasteiger partial charge in [-0.2, -0.15) is 13.2 Å². The lowest BCUT2D eigenvalue weighted by molar-refractivity contribution is -0.139. The highest BCUT2D eigenvalue weighted by Crippen LogP contribution is 2.30. The van der Waals surface area contributed by atoms with E-state index in [4.69, 9.17) is 5.11 Å². The Labute approximate surface area is 82.3 Å². The number of rotatable bonds is 3. The van der Waals surface area contributed by atoms with Crippen LogP contribution >= 0.6 is 0 Å². The van der Waals surface area contributed by atoms with Crippen LogP contribution in [0.25, 0.3) is 0 Å². The number of ether oxygens (including phenoxy) is 1. The number of aliphatic carboxylic acids is 1. The van der Waals surface area contributed by atoms with Gasteiger partial charge in [-0.25, -0.2) is 9.78 Å². The van der Waals surface area contributed by atoms with Gasteiger partial charge in [-0.15, -0.1) is 0 Å². The number of pyridine rings is 1. The molecule has 4 nitrogen and oxygen atoms in total. The maximum absolute atomic E-state index is 12.2. The molecule has 7 heteroatoms. The summed E-state index contributed by atoms with van der Waals surface area (Å²) in [6.07, 6.45) is -3.59. The minimum atomic E-state index is -4.50. The molecular formula is C8H6F3NO3. The highest BCUT2D eigenvalue weighted by molar-refractivity contribution is 5.68. The molecule has 0 fully saturated rings. The Bertz CT molecular complexity index is 364. The van der Waals surface area contributed by atoms with Gasteiger partial charge in [0.15, 0.2) is 6.61 Å². The van der Waals surface area contributed by atoms with E-state index in [-0.39, 0.29) is 5.88 Å². The van der Waals surface area contributed by atoms with E-state index in [0.717, 1.165) is 12.3 Å². The highest BCUT2D eigenvalue weighted by atomic mass is 19.4. The van der Waals surface area contributed by atoms with Gasteiger partial charge in [0, 0.05) is 12.3 Å². The number of carbonyl (C=O) groups is 1. The maximum Gasteiger partial charge on any atom is 0.416 e. The molecule has 0 bridgehead atoms. The van der Waals surface area contributed by atoms with Crippen molar-refractivity contribution in [3.05, 3.63) is 23.9 Å². The first-order valence-electron chi connectivity index (χ1n) is 3.77. The van der Waals surface area contributed by atoms with Crippen molar-refractivity contribution in [1.29, 1.82) is 0 Å². The first-order chi connectivity index (χ1) is 6.89. The topological polar surface area (TPSA) is 59.4 Å². The number of alkyl halides is 3. The summed E-state index contributed by atoms with van der Waals surface area (Å²) in [6, 6.07) is 1.41. The molecule has 0 atom stereocenters. The molecule has 1 rings (SSSR count). The summed E-state index contributed by atoms with van der Waals surface area (Å²) < 4.78 is 41.0. The van der Waals surface area contributed by atoms with Crippen LogP contribution in [-0.2, 0) is 11.0 Å². The van der Waals surface area contributed by atoms with E-state index in [1.807, 2.05) is 0 Å². The van der Waals surface area contributed by atoms with Crippen LogP contribution in [0.15, 0.2) is 18.3 Å². The van der Waals surface area contributed by atoms with Crippen LogP contribution in [0.2, 0.25) is 0 Å². The van der Waals surface area contributed by atoms with Gasteiger partial charge < -0.3 is 9.84 Å².